The first-order chi connectivity index (χ1) is 17.7. The minimum Gasteiger partial charge on any atom is -1.00 e. The standard InChI is InChI=1S/C28H27Cl2N3O3S.Na.H/c1-3-5-9-18-37(35,36)32-27(34)17-16-25-28(30)31-26(4-2)33(25)20-23-15-14-22(19-24(23)29)13-12-21-10-7-6-8-11-21;;/h6-11,14-19H,3-5,20H2,1-2H3,(H,32,34);;/q;+1;-1/b17-16+,18-9+;;. The summed E-state index contributed by atoms with van der Waals surface area (Å²) in [6, 6.07) is 15.3. The Morgan fingerprint density at radius 1 is 1.11 bits per heavy atom. The maximum absolute atomic E-state index is 12.3. The molecule has 0 spiro atoms. The van der Waals surface area contributed by atoms with Crippen LogP contribution in [0.4, 0.5) is 0 Å². The van der Waals surface area contributed by atoms with Crippen LogP contribution in [0.2, 0.25) is 10.2 Å². The van der Waals surface area contributed by atoms with E-state index >= 15 is 0 Å². The number of sulfonamides is 1. The van der Waals surface area contributed by atoms with Crippen LogP contribution in [0.1, 0.15) is 56.3 Å². The van der Waals surface area contributed by atoms with Crippen molar-refractivity contribution in [3.63, 3.8) is 0 Å². The number of aromatic nitrogens is 2. The van der Waals surface area contributed by atoms with E-state index in [4.69, 9.17) is 23.2 Å². The van der Waals surface area contributed by atoms with Gasteiger partial charge >= 0.3 is 29.6 Å². The number of halogens is 2. The number of hydrogen-bond acceptors (Lipinski definition) is 4. The third-order valence-electron chi connectivity index (χ3n) is 5.23. The van der Waals surface area contributed by atoms with Gasteiger partial charge in [0.1, 0.15) is 5.82 Å². The van der Waals surface area contributed by atoms with E-state index < -0.39 is 15.9 Å². The van der Waals surface area contributed by atoms with Gasteiger partial charge in [0.2, 0.25) is 0 Å². The molecular formula is C28H28Cl2N3NaO3S. The quantitative estimate of drug-likeness (QED) is 0.240. The molecule has 3 rings (SSSR count). The average Bonchev–Trinajstić information content (AvgIpc) is 3.17. The van der Waals surface area contributed by atoms with E-state index in [2.05, 4.69) is 16.8 Å². The van der Waals surface area contributed by atoms with Crippen LogP contribution in [0.5, 0.6) is 0 Å². The fourth-order valence-electron chi connectivity index (χ4n) is 3.40. The van der Waals surface area contributed by atoms with Gasteiger partial charge < -0.3 is 5.99 Å². The zero-order valence-electron chi connectivity index (χ0n) is 22.5. The Hall–Kier alpha value is -2.31. The van der Waals surface area contributed by atoms with E-state index in [0.29, 0.717) is 35.9 Å². The Morgan fingerprint density at radius 2 is 1.82 bits per heavy atom. The molecule has 2 aromatic carbocycles. The minimum atomic E-state index is -3.87. The summed E-state index contributed by atoms with van der Waals surface area (Å²) >= 11 is 12.9. The van der Waals surface area contributed by atoms with Crippen molar-refractivity contribution < 1.29 is 44.2 Å². The molecule has 3 aromatic rings. The molecule has 1 amide bonds. The molecule has 194 valence electrons. The number of allylic oxidation sites excluding steroid dienone is 1. The summed E-state index contributed by atoms with van der Waals surface area (Å²) < 4.78 is 27.9. The number of carbonyl (C=O) groups excluding carboxylic acids is 1. The van der Waals surface area contributed by atoms with Crippen molar-refractivity contribution in [1.29, 1.82) is 0 Å². The van der Waals surface area contributed by atoms with Crippen LogP contribution in [-0.4, -0.2) is 23.9 Å². The molecule has 0 aliphatic heterocycles. The van der Waals surface area contributed by atoms with Gasteiger partial charge in [0, 0.05) is 34.1 Å². The Labute approximate surface area is 258 Å². The summed E-state index contributed by atoms with van der Waals surface area (Å²) in [4.78, 5) is 16.6. The van der Waals surface area contributed by atoms with Gasteiger partial charge in [0.05, 0.1) is 12.2 Å². The first kappa shape index (κ1) is 31.9. The summed E-state index contributed by atoms with van der Waals surface area (Å²) in [6.45, 7) is 4.22. The summed E-state index contributed by atoms with van der Waals surface area (Å²) in [5, 5.41) is 1.72. The van der Waals surface area contributed by atoms with E-state index in [1.807, 2.05) is 65.6 Å². The normalized spacial score (nSPS) is 11.3. The number of aryl methyl sites for hydroxylation is 1. The molecule has 0 fully saturated rings. The van der Waals surface area contributed by atoms with Crippen LogP contribution in [0, 0.1) is 11.8 Å². The fourth-order valence-corrected chi connectivity index (χ4v) is 4.71. The summed E-state index contributed by atoms with van der Waals surface area (Å²) in [6.07, 6.45) is 6.06. The third-order valence-corrected chi connectivity index (χ3v) is 6.90. The number of benzene rings is 2. The number of rotatable bonds is 9. The van der Waals surface area contributed by atoms with Gasteiger partial charge in [0.15, 0.2) is 5.15 Å². The first-order valence-electron chi connectivity index (χ1n) is 11.7. The van der Waals surface area contributed by atoms with Gasteiger partial charge in [-0.05, 0) is 42.3 Å². The number of nitrogens with one attached hydrogen (secondary N) is 1. The molecule has 0 saturated carbocycles. The predicted molar refractivity (Wildman–Crippen MR) is 151 cm³/mol. The van der Waals surface area contributed by atoms with Gasteiger partial charge in [-0.2, -0.15) is 0 Å². The van der Waals surface area contributed by atoms with E-state index in [9.17, 15) is 13.2 Å². The fraction of sp³-hybridized carbons (Fsp3) is 0.214. The predicted octanol–water partition coefficient (Wildman–Crippen LogP) is 3.09. The second-order valence-electron chi connectivity index (χ2n) is 8.07. The number of amides is 1. The largest absolute Gasteiger partial charge is 1.00 e. The third kappa shape index (κ3) is 9.46. The Kier molecular flexibility index (Phi) is 12.9. The van der Waals surface area contributed by atoms with Crippen molar-refractivity contribution in [2.24, 2.45) is 0 Å². The van der Waals surface area contributed by atoms with Gasteiger partial charge in [-0.1, -0.05) is 85.7 Å². The molecule has 1 heterocycles. The zero-order valence-corrected chi connectivity index (χ0v) is 25.9. The molecule has 0 radical (unpaired) electrons. The van der Waals surface area contributed by atoms with Crippen molar-refractivity contribution in [1.82, 2.24) is 14.3 Å². The molecule has 0 aliphatic rings. The van der Waals surface area contributed by atoms with Gasteiger partial charge in [0.25, 0.3) is 15.9 Å². The number of nitrogens with zero attached hydrogens (tertiary/aromatic N) is 2. The van der Waals surface area contributed by atoms with Gasteiger partial charge in [-0.25, -0.2) is 18.1 Å². The molecule has 0 unspecified atom stereocenters. The minimum absolute atomic E-state index is 0. The van der Waals surface area contributed by atoms with E-state index in [1.165, 1.54) is 12.2 Å². The van der Waals surface area contributed by atoms with Crippen molar-refractivity contribution in [2.45, 2.75) is 39.7 Å². The van der Waals surface area contributed by atoms with Crippen LogP contribution < -0.4 is 34.3 Å². The second-order valence-corrected chi connectivity index (χ2v) is 10.4. The Bertz CT molecular complexity index is 1500. The first-order valence-corrected chi connectivity index (χ1v) is 14.0. The smallest absolute Gasteiger partial charge is 1.00 e. The summed E-state index contributed by atoms with van der Waals surface area (Å²) in [5.41, 5.74) is 2.98. The van der Waals surface area contributed by atoms with E-state index in [1.54, 1.807) is 6.07 Å². The van der Waals surface area contributed by atoms with Crippen LogP contribution in [0.25, 0.3) is 6.08 Å². The maximum atomic E-state index is 12.3. The molecule has 0 aliphatic carbocycles. The molecule has 0 atom stereocenters. The Morgan fingerprint density at radius 3 is 2.47 bits per heavy atom. The molecule has 0 bridgehead atoms. The number of hydrogen-bond donors (Lipinski definition) is 1. The number of unbranched alkanes of at least 4 members (excludes halogenated alkanes) is 1. The monoisotopic (exact) mass is 579 g/mol. The second kappa shape index (κ2) is 15.3. The molecule has 0 saturated heterocycles. The molecule has 1 N–H and O–H groups in total. The number of carbonyl (C=O) groups is 1. The van der Waals surface area contributed by atoms with Crippen LogP contribution in [0.3, 0.4) is 0 Å². The van der Waals surface area contributed by atoms with E-state index in [0.717, 1.165) is 34.6 Å². The van der Waals surface area contributed by atoms with Crippen molar-refractivity contribution >= 4 is 45.2 Å². The molecular weight excluding hydrogens is 552 g/mol. The van der Waals surface area contributed by atoms with Gasteiger partial charge in [-0.15, -0.1) is 0 Å². The molecule has 38 heavy (non-hydrogen) atoms. The topological polar surface area (TPSA) is 81.1 Å². The molecule has 6 nitrogen and oxygen atoms in total. The zero-order chi connectivity index (χ0) is 26.8. The maximum Gasteiger partial charge on any atom is 1.00 e. The van der Waals surface area contributed by atoms with Crippen LogP contribution >= 0.6 is 23.2 Å². The number of imidazole rings is 1. The molecule has 1 aromatic heterocycles. The van der Waals surface area contributed by atoms with Gasteiger partial charge in [-0.3, -0.25) is 4.79 Å². The van der Waals surface area contributed by atoms with E-state index in [-0.39, 0.29) is 36.1 Å². The Balaban J connectivity index is 0.00000380. The van der Waals surface area contributed by atoms with Crippen molar-refractivity contribution in [2.75, 3.05) is 0 Å². The average molecular weight is 581 g/mol. The summed E-state index contributed by atoms with van der Waals surface area (Å²) in [7, 11) is -3.87. The van der Waals surface area contributed by atoms with Crippen LogP contribution in [-0.2, 0) is 27.8 Å². The summed E-state index contributed by atoms with van der Waals surface area (Å²) in [5.74, 6) is 6.13. The van der Waals surface area contributed by atoms with Crippen molar-refractivity contribution in [3.05, 3.63) is 104 Å². The van der Waals surface area contributed by atoms with Crippen LogP contribution in [0.15, 0.2) is 66.1 Å². The molecule has 10 heteroatoms. The SMILES string of the molecule is CCC/C=C/S(=O)(=O)NC(=O)/C=C/c1c(Cl)nc(CC)n1Cc1ccc(C#Cc2ccccc2)cc1Cl.[H-].[Na+]. The van der Waals surface area contributed by atoms with Crippen molar-refractivity contribution in [3.8, 4) is 11.8 Å².